The summed E-state index contributed by atoms with van der Waals surface area (Å²) < 4.78 is 27.2. The second-order valence-corrected chi connectivity index (χ2v) is 12.6. The van der Waals surface area contributed by atoms with E-state index in [4.69, 9.17) is 16.9 Å². The Morgan fingerprint density at radius 1 is 1.11 bits per heavy atom. The van der Waals surface area contributed by atoms with Gasteiger partial charge in [-0.15, -0.1) is 12.4 Å². The Balaban J connectivity index is 0.000000842. The van der Waals surface area contributed by atoms with Gasteiger partial charge in [0.25, 0.3) is 15.9 Å². The van der Waals surface area contributed by atoms with Gasteiger partial charge in [0.2, 0.25) is 5.96 Å². The van der Waals surface area contributed by atoms with Crippen molar-refractivity contribution in [2.75, 3.05) is 27.2 Å². The minimum absolute atomic E-state index is 0. The van der Waals surface area contributed by atoms with E-state index in [1.165, 1.54) is 17.0 Å². The molecule has 0 aromatic heterocycles. The molecule has 8 N–H and O–H groups in total. The number of rotatable bonds is 7. The van der Waals surface area contributed by atoms with Crippen molar-refractivity contribution in [1.29, 1.82) is 5.41 Å². The van der Waals surface area contributed by atoms with Crippen LogP contribution in [0.1, 0.15) is 58.4 Å². The van der Waals surface area contributed by atoms with Crippen molar-refractivity contribution in [3.8, 4) is 0 Å². The molecular weight excluding hydrogens is 610 g/mol. The Morgan fingerprint density at radius 2 is 1.70 bits per heavy atom. The summed E-state index contributed by atoms with van der Waals surface area (Å²) in [5.74, 6) is 0.347. The highest BCUT2D eigenvalue weighted by Gasteiger charge is 2.31. The number of sulfonamides is 1. The fraction of sp³-hybridized carbons (Fsp3) is 0.536. The highest BCUT2D eigenvalue weighted by Crippen LogP contribution is 2.23. The van der Waals surface area contributed by atoms with Gasteiger partial charge in [-0.2, -0.15) is 4.99 Å². The number of hydrogen-bond donors (Lipinski definition) is 6. The van der Waals surface area contributed by atoms with Crippen LogP contribution in [0.3, 0.4) is 0 Å². The Morgan fingerprint density at radius 3 is 2.18 bits per heavy atom. The Kier molecular flexibility index (Phi) is 15.1. The van der Waals surface area contributed by atoms with Gasteiger partial charge in [-0.3, -0.25) is 15.1 Å². The average molecular weight is 656 g/mol. The number of imide groups is 1. The molecule has 1 saturated carbocycles. The van der Waals surface area contributed by atoms with Crippen LogP contribution >= 0.6 is 12.4 Å². The number of nitrogens with two attached hydrogens (primary N) is 2. The molecule has 0 radical (unpaired) electrons. The number of nitrogens with zero attached hydrogens (tertiary/aromatic N) is 3. The summed E-state index contributed by atoms with van der Waals surface area (Å²) in [6.07, 6.45) is 4.80. The molecule has 0 bridgehead atoms. The lowest BCUT2D eigenvalue weighted by Gasteiger charge is -2.26. The molecule has 1 aromatic rings. The molecule has 2 aliphatic rings. The predicted molar refractivity (Wildman–Crippen MR) is 173 cm³/mol. The van der Waals surface area contributed by atoms with Crippen molar-refractivity contribution in [2.45, 2.75) is 70.2 Å². The fourth-order valence-electron chi connectivity index (χ4n) is 4.64. The van der Waals surface area contributed by atoms with E-state index in [0.29, 0.717) is 37.4 Å². The summed E-state index contributed by atoms with van der Waals surface area (Å²) in [6, 6.07) is 4.99. The first-order chi connectivity index (χ1) is 20.1. The minimum Gasteiger partial charge on any atom is -0.369 e. The van der Waals surface area contributed by atoms with Gasteiger partial charge in [-0.25, -0.2) is 22.7 Å². The first-order valence-corrected chi connectivity index (χ1v) is 15.7. The topological polar surface area (TPSA) is 216 Å². The second-order valence-electron chi connectivity index (χ2n) is 10.9. The van der Waals surface area contributed by atoms with Gasteiger partial charge in [0.15, 0.2) is 5.96 Å². The van der Waals surface area contributed by atoms with Crippen molar-refractivity contribution in [1.82, 2.24) is 25.2 Å². The van der Waals surface area contributed by atoms with Crippen LogP contribution < -0.4 is 26.8 Å². The number of aliphatic imine (C=N–C) groups is 1. The molecular formula is C28H46ClN9O5S. The van der Waals surface area contributed by atoms with Crippen molar-refractivity contribution in [3.63, 3.8) is 0 Å². The van der Waals surface area contributed by atoms with E-state index < -0.39 is 22.1 Å². The van der Waals surface area contributed by atoms with Crippen LogP contribution in [-0.2, 0) is 21.2 Å². The molecule has 1 aliphatic carbocycles. The Bertz CT molecular complexity index is 1340. The van der Waals surface area contributed by atoms with Crippen LogP contribution in [0.2, 0.25) is 0 Å². The zero-order chi connectivity index (χ0) is 32.3. The van der Waals surface area contributed by atoms with Gasteiger partial charge in [-0.1, -0.05) is 26.0 Å². The minimum atomic E-state index is -3.98. The molecule has 16 heteroatoms. The number of benzene rings is 1. The summed E-state index contributed by atoms with van der Waals surface area (Å²) in [5.41, 5.74) is 12.6. The highest BCUT2D eigenvalue weighted by atomic mass is 35.5. The lowest BCUT2D eigenvalue weighted by atomic mass is 9.87. The van der Waals surface area contributed by atoms with Crippen molar-refractivity contribution >= 4 is 52.3 Å². The molecule has 0 atom stereocenters. The van der Waals surface area contributed by atoms with Gasteiger partial charge in [0.1, 0.15) is 0 Å². The smallest absolute Gasteiger partial charge is 0.328 e. The standard InChI is InChI=1S/C24H34N4O5S.C4H11N5.ClH/c1-4-21-17(3)15-28(22(21)29)24(31)25-14-13-18-7-11-20(12-8-18)34(32,33)27-23(30)26-19-9-5-16(2)6-10-19;1-9(2)4(7)8-3(5)6;/h7-8,11-12,16,19H,4-6,9-10,13-15H2,1-3H3,(H,25,31)(H2,26,27,30);1-2H3,(H5,5,6,7,8);1H. The molecule has 1 aliphatic heterocycles. The average Bonchev–Trinajstić information content (AvgIpc) is 3.22. The summed E-state index contributed by atoms with van der Waals surface area (Å²) >= 11 is 0. The first-order valence-electron chi connectivity index (χ1n) is 14.2. The third kappa shape index (κ3) is 11.7. The third-order valence-corrected chi connectivity index (χ3v) is 8.55. The van der Waals surface area contributed by atoms with Gasteiger partial charge < -0.3 is 27.0 Å². The van der Waals surface area contributed by atoms with E-state index in [9.17, 15) is 22.8 Å². The van der Waals surface area contributed by atoms with Crippen LogP contribution in [0.4, 0.5) is 9.59 Å². The van der Waals surface area contributed by atoms with Gasteiger partial charge in [-0.05, 0) is 74.6 Å². The van der Waals surface area contributed by atoms with Gasteiger partial charge in [0.05, 0.1) is 11.4 Å². The molecule has 246 valence electrons. The van der Waals surface area contributed by atoms with Gasteiger partial charge in [0, 0.05) is 32.3 Å². The molecule has 44 heavy (non-hydrogen) atoms. The summed E-state index contributed by atoms with van der Waals surface area (Å²) in [6.45, 7) is 6.53. The monoisotopic (exact) mass is 655 g/mol. The summed E-state index contributed by atoms with van der Waals surface area (Å²) in [4.78, 5) is 43.0. The number of hydrogen-bond acceptors (Lipinski definition) is 6. The maximum Gasteiger partial charge on any atom is 0.328 e. The van der Waals surface area contributed by atoms with Crippen LogP contribution in [0, 0.1) is 11.3 Å². The highest BCUT2D eigenvalue weighted by molar-refractivity contribution is 7.90. The number of carbonyl (C=O) groups is 3. The fourth-order valence-corrected chi connectivity index (χ4v) is 5.55. The number of guanidine groups is 2. The van der Waals surface area contributed by atoms with Crippen LogP contribution in [0.25, 0.3) is 0 Å². The van der Waals surface area contributed by atoms with Crippen LogP contribution in [-0.4, -0.2) is 81.3 Å². The first kappa shape index (κ1) is 38.2. The van der Waals surface area contributed by atoms with E-state index in [-0.39, 0.29) is 41.2 Å². The van der Waals surface area contributed by atoms with E-state index in [0.717, 1.165) is 36.8 Å². The molecule has 1 fully saturated rings. The number of carbonyl (C=O) groups excluding carboxylic acids is 3. The number of amides is 5. The number of halogens is 1. The van der Waals surface area contributed by atoms with Crippen LogP contribution in [0.15, 0.2) is 45.3 Å². The Hall–Kier alpha value is -3.85. The molecule has 3 rings (SSSR count). The normalized spacial score (nSPS) is 18.4. The summed E-state index contributed by atoms with van der Waals surface area (Å²) in [7, 11) is -0.535. The summed E-state index contributed by atoms with van der Waals surface area (Å²) in [5, 5.41) is 12.2. The van der Waals surface area contributed by atoms with Crippen LogP contribution in [0.5, 0.6) is 0 Å². The lowest BCUT2D eigenvalue weighted by molar-refractivity contribution is -0.123. The number of nitrogens with one attached hydrogen (secondary N) is 4. The predicted octanol–water partition coefficient (Wildman–Crippen LogP) is 2.25. The number of urea groups is 2. The maximum absolute atomic E-state index is 12.5. The second kappa shape index (κ2) is 17.4. The lowest BCUT2D eigenvalue weighted by Crippen LogP contribution is -2.45. The molecule has 1 aromatic carbocycles. The molecule has 0 spiro atoms. The Labute approximate surface area is 266 Å². The van der Waals surface area contributed by atoms with E-state index >= 15 is 0 Å². The van der Waals surface area contributed by atoms with E-state index in [2.05, 4.69) is 27.3 Å². The zero-order valence-corrected chi connectivity index (χ0v) is 27.6. The largest absolute Gasteiger partial charge is 0.369 e. The van der Waals surface area contributed by atoms with Crippen molar-refractivity contribution in [3.05, 3.63) is 41.0 Å². The van der Waals surface area contributed by atoms with E-state index in [1.54, 1.807) is 31.1 Å². The maximum atomic E-state index is 12.5. The zero-order valence-electron chi connectivity index (χ0n) is 26.0. The molecule has 14 nitrogen and oxygen atoms in total. The van der Waals surface area contributed by atoms with E-state index in [1.807, 2.05) is 13.8 Å². The van der Waals surface area contributed by atoms with Crippen molar-refractivity contribution in [2.24, 2.45) is 22.4 Å². The molecule has 0 unspecified atom stereocenters. The molecule has 0 saturated heterocycles. The quantitative estimate of drug-likeness (QED) is 0.189. The molecule has 1 heterocycles. The molecule has 5 amide bonds. The third-order valence-electron chi connectivity index (χ3n) is 7.21. The van der Waals surface area contributed by atoms with Crippen molar-refractivity contribution < 1.29 is 22.8 Å². The van der Waals surface area contributed by atoms with Gasteiger partial charge >= 0.3 is 12.1 Å². The SMILES string of the molecule is CCC1=C(C)CN(C(=O)NCCc2ccc(S(=O)(=O)NC(=O)NC3CCC(C)CC3)cc2)C1=O.CN(C)C(N)=NC(=N)N.Cl.